The Kier molecular flexibility index (Phi) is 7.65. The van der Waals surface area contributed by atoms with E-state index in [4.69, 9.17) is 0 Å². The molecule has 0 saturated carbocycles. The Morgan fingerprint density at radius 1 is 1.31 bits per heavy atom. The number of nitrogens with one attached hydrogen (secondary N) is 1. The topological polar surface area (TPSA) is 57.7 Å². The van der Waals surface area contributed by atoms with E-state index >= 15 is 0 Å². The number of amides is 2. The monoisotopic (exact) mass is 374 g/mol. The molecule has 1 aromatic rings. The van der Waals surface area contributed by atoms with Crippen LogP contribution in [-0.4, -0.2) is 72.9 Å². The highest BCUT2D eigenvalue weighted by atomic mass is 19.4. The molecule has 146 valence electrons. The van der Waals surface area contributed by atoms with E-state index in [0.717, 1.165) is 5.69 Å². The Labute approximate surface area is 151 Å². The van der Waals surface area contributed by atoms with Gasteiger partial charge >= 0.3 is 12.2 Å². The van der Waals surface area contributed by atoms with Crippen LogP contribution in [0.3, 0.4) is 0 Å². The Hall–Kier alpha value is -1.87. The van der Waals surface area contributed by atoms with Crippen molar-refractivity contribution in [2.24, 2.45) is 0 Å². The lowest BCUT2D eigenvalue weighted by Gasteiger charge is -2.35. The zero-order chi connectivity index (χ0) is 19.0. The highest BCUT2D eigenvalue weighted by Crippen LogP contribution is 2.14. The average Bonchev–Trinajstić information content (AvgIpc) is 2.61. The number of rotatable bonds is 7. The molecular weight excluding hydrogens is 349 g/mol. The fourth-order valence-electron chi connectivity index (χ4n) is 2.74. The number of halogens is 3. The Balaban J connectivity index is 1.62. The minimum atomic E-state index is -4.27. The summed E-state index contributed by atoms with van der Waals surface area (Å²) in [6.07, 6.45) is -2.04. The van der Waals surface area contributed by atoms with Crippen molar-refractivity contribution in [3.8, 4) is 0 Å². The Morgan fingerprint density at radius 3 is 2.65 bits per heavy atom. The van der Waals surface area contributed by atoms with Crippen molar-refractivity contribution in [2.75, 3.05) is 45.9 Å². The van der Waals surface area contributed by atoms with Crippen LogP contribution in [0.4, 0.5) is 18.0 Å². The molecule has 1 aliphatic rings. The molecule has 0 spiro atoms. The van der Waals surface area contributed by atoms with E-state index in [1.807, 2.05) is 25.1 Å². The number of pyridine rings is 1. The summed E-state index contributed by atoms with van der Waals surface area (Å²) in [6.45, 7) is 4.01. The van der Waals surface area contributed by atoms with Gasteiger partial charge < -0.3 is 15.0 Å². The van der Waals surface area contributed by atoms with E-state index < -0.39 is 12.8 Å². The summed E-state index contributed by atoms with van der Waals surface area (Å²) < 4.78 is 40.5. The maximum absolute atomic E-state index is 12.3. The van der Waals surface area contributed by atoms with Crippen LogP contribution < -0.4 is 5.32 Å². The lowest BCUT2D eigenvalue weighted by molar-refractivity contribution is -0.174. The van der Waals surface area contributed by atoms with Crippen LogP contribution in [0, 0.1) is 0 Å². The number of piperazine rings is 1. The Bertz CT molecular complexity index is 549. The third-order valence-corrected chi connectivity index (χ3v) is 4.16. The largest absolute Gasteiger partial charge is 0.411 e. The third-order valence-electron chi connectivity index (χ3n) is 4.16. The molecule has 1 unspecified atom stereocenters. The maximum Gasteiger partial charge on any atom is 0.411 e. The summed E-state index contributed by atoms with van der Waals surface area (Å²) in [7, 11) is 0. The molecule has 6 nitrogen and oxygen atoms in total. The van der Waals surface area contributed by atoms with Crippen LogP contribution >= 0.6 is 0 Å². The van der Waals surface area contributed by atoms with Gasteiger partial charge in [0.15, 0.2) is 0 Å². The molecule has 1 N–H and O–H groups in total. The second-order valence-electron chi connectivity index (χ2n) is 6.28. The highest BCUT2D eigenvalue weighted by molar-refractivity contribution is 5.74. The van der Waals surface area contributed by atoms with Gasteiger partial charge in [-0.25, -0.2) is 4.79 Å². The lowest BCUT2D eigenvalue weighted by Crippen LogP contribution is -2.52. The molecule has 1 aromatic heterocycles. The summed E-state index contributed by atoms with van der Waals surface area (Å²) in [5.74, 6) is 0. The molecule has 26 heavy (non-hydrogen) atoms. The van der Waals surface area contributed by atoms with Gasteiger partial charge in [-0.1, -0.05) is 6.07 Å². The minimum Gasteiger partial charge on any atom is -0.372 e. The quantitative estimate of drug-likeness (QED) is 0.745. The van der Waals surface area contributed by atoms with Gasteiger partial charge in [0.05, 0.1) is 11.7 Å². The first-order chi connectivity index (χ1) is 12.3. The number of aromatic nitrogens is 1. The zero-order valence-electron chi connectivity index (χ0n) is 14.8. The van der Waals surface area contributed by atoms with Gasteiger partial charge in [0.1, 0.15) is 6.61 Å². The van der Waals surface area contributed by atoms with Crippen molar-refractivity contribution in [3.63, 3.8) is 0 Å². The third kappa shape index (κ3) is 7.17. The van der Waals surface area contributed by atoms with Crippen molar-refractivity contribution in [3.05, 3.63) is 30.1 Å². The lowest BCUT2D eigenvalue weighted by atomic mass is 10.2. The number of carbonyl (C=O) groups excluding carboxylic acids is 1. The predicted molar refractivity (Wildman–Crippen MR) is 90.7 cm³/mol. The zero-order valence-corrected chi connectivity index (χ0v) is 14.8. The van der Waals surface area contributed by atoms with Crippen molar-refractivity contribution in [1.29, 1.82) is 0 Å². The summed E-state index contributed by atoms with van der Waals surface area (Å²) in [5.41, 5.74) is 0.804. The maximum atomic E-state index is 12.3. The number of nitrogens with zero attached hydrogens (tertiary/aromatic N) is 3. The second kappa shape index (κ2) is 9.72. The number of ether oxygens (including phenoxy) is 1. The number of urea groups is 1. The van der Waals surface area contributed by atoms with Gasteiger partial charge in [-0.3, -0.25) is 9.88 Å². The van der Waals surface area contributed by atoms with Gasteiger partial charge in [-0.05, 0) is 25.5 Å². The van der Waals surface area contributed by atoms with Gasteiger partial charge in [-0.15, -0.1) is 0 Å². The van der Waals surface area contributed by atoms with Gasteiger partial charge in [0.2, 0.25) is 0 Å². The molecule has 1 aliphatic heterocycles. The molecule has 2 heterocycles. The summed E-state index contributed by atoms with van der Waals surface area (Å²) in [6, 6.07) is 5.26. The number of hydrogen-bond donors (Lipinski definition) is 1. The van der Waals surface area contributed by atoms with Crippen LogP contribution in [0.2, 0.25) is 0 Å². The fourth-order valence-corrected chi connectivity index (χ4v) is 2.74. The van der Waals surface area contributed by atoms with Crippen LogP contribution in [0.5, 0.6) is 0 Å². The Morgan fingerprint density at radius 2 is 2.04 bits per heavy atom. The normalized spacial score (nSPS) is 17.2. The molecule has 1 saturated heterocycles. The van der Waals surface area contributed by atoms with Crippen LogP contribution in [0.15, 0.2) is 24.4 Å². The van der Waals surface area contributed by atoms with E-state index in [2.05, 4.69) is 19.9 Å². The van der Waals surface area contributed by atoms with Crippen LogP contribution in [-0.2, 0) is 4.74 Å². The molecule has 2 rings (SSSR count). The second-order valence-corrected chi connectivity index (χ2v) is 6.28. The van der Waals surface area contributed by atoms with Gasteiger partial charge in [0.25, 0.3) is 0 Å². The molecule has 0 radical (unpaired) electrons. The number of alkyl halides is 3. The average molecular weight is 374 g/mol. The molecule has 2 amide bonds. The SMILES string of the molecule is CC(NC(=O)N1CCN(CCCOCC(F)(F)F)CC1)c1ccccn1. The van der Waals surface area contributed by atoms with E-state index in [1.165, 1.54) is 0 Å². The first-order valence-electron chi connectivity index (χ1n) is 8.68. The molecule has 9 heteroatoms. The van der Waals surface area contributed by atoms with Crippen molar-refractivity contribution in [1.82, 2.24) is 20.1 Å². The molecule has 1 fully saturated rings. The van der Waals surface area contributed by atoms with Crippen molar-refractivity contribution >= 4 is 6.03 Å². The summed E-state index contributed by atoms with van der Waals surface area (Å²) in [5, 5.41) is 2.93. The molecule has 0 bridgehead atoms. The number of carbonyl (C=O) groups is 1. The van der Waals surface area contributed by atoms with Crippen LogP contribution in [0.25, 0.3) is 0 Å². The first kappa shape index (κ1) is 20.4. The van der Waals surface area contributed by atoms with Crippen molar-refractivity contribution in [2.45, 2.75) is 25.6 Å². The first-order valence-corrected chi connectivity index (χ1v) is 8.68. The summed E-state index contributed by atoms with van der Waals surface area (Å²) in [4.78, 5) is 20.4. The van der Waals surface area contributed by atoms with Gasteiger partial charge in [0, 0.05) is 45.5 Å². The van der Waals surface area contributed by atoms with E-state index in [0.29, 0.717) is 39.1 Å². The molecule has 0 aromatic carbocycles. The van der Waals surface area contributed by atoms with Crippen molar-refractivity contribution < 1.29 is 22.7 Å². The minimum absolute atomic E-state index is 0.0851. The number of hydrogen-bond acceptors (Lipinski definition) is 4. The highest BCUT2D eigenvalue weighted by Gasteiger charge is 2.27. The fraction of sp³-hybridized carbons (Fsp3) is 0.647. The standard InChI is InChI=1S/C17H25F3N4O2/c1-14(15-5-2-3-6-21-15)22-16(25)24-10-8-23(9-11-24)7-4-12-26-13-17(18,19)20/h2-3,5-6,14H,4,7-13H2,1H3,(H,22,25). The van der Waals surface area contributed by atoms with E-state index in [-0.39, 0.29) is 18.7 Å². The molecular formula is C17H25F3N4O2. The smallest absolute Gasteiger partial charge is 0.372 e. The van der Waals surface area contributed by atoms with Crippen LogP contribution in [0.1, 0.15) is 25.1 Å². The van der Waals surface area contributed by atoms with Gasteiger partial charge in [-0.2, -0.15) is 13.2 Å². The van der Waals surface area contributed by atoms with E-state index in [9.17, 15) is 18.0 Å². The molecule has 1 atom stereocenters. The van der Waals surface area contributed by atoms with E-state index in [1.54, 1.807) is 11.1 Å². The molecule has 0 aliphatic carbocycles. The summed E-state index contributed by atoms with van der Waals surface area (Å²) >= 11 is 0. The predicted octanol–water partition coefficient (Wildman–Crippen LogP) is 2.44.